The Kier molecular flexibility index (Phi) is 8.58. The van der Waals surface area contributed by atoms with Crippen LogP contribution in [0.1, 0.15) is 37.5 Å². The Balaban J connectivity index is 1.27. The zero-order valence-electron chi connectivity index (χ0n) is 25.8. The molecule has 2 aliphatic rings. The molecule has 3 aromatic carbocycles. The predicted molar refractivity (Wildman–Crippen MR) is 177 cm³/mol. The summed E-state index contributed by atoms with van der Waals surface area (Å²) in [6.45, 7) is -0.0129. The van der Waals surface area contributed by atoms with Crippen molar-refractivity contribution >= 4 is 40.8 Å². The van der Waals surface area contributed by atoms with Crippen molar-refractivity contribution in [2.24, 2.45) is 0 Å². The molecule has 0 radical (unpaired) electrons. The van der Waals surface area contributed by atoms with Crippen LogP contribution in [0.5, 0.6) is 11.5 Å². The zero-order chi connectivity index (χ0) is 35.0. The second-order valence-corrected chi connectivity index (χ2v) is 11.9. The van der Waals surface area contributed by atoms with E-state index >= 15 is 0 Å². The summed E-state index contributed by atoms with van der Waals surface area (Å²) < 4.78 is 50.2. The molecule has 0 saturated carbocycles. The quantitative estimate of drug-likeness (QED) is 0.188. The first-order chi connectivity index (χ1) is 24.0. The van der Waals surface area contributed by atoms with E-state index in [1.807, 2.05) is 0 Å². The van der Waals surface area contributed by atoms with Crippen molar-refractivity contribution in [1.82, 2.24) is 14.9 Å². The van der Waals surface area contributed by atoms with Crippen molar-refractivity contribution < 1.29 is 37.0 Å². The highest BCUT2D eigenvalue weighted by Gasteiger charge is 2.36. The van der Waals surface area contributed by atoms with Crippen LogP contribution in [0.25, 0.3) is 11.1 Å². The van der Waals surface area contributed by atoms with Crippen molar-refractivity contribution in [3.8, 4) is 22.6 Å². The molecular formula is C36H25ClF3N5O5. The second kappa shape index (κ2) is 13.2. The van der Waals surface area contributed by atoms with E-state index in [1.54, 1.807) is 72.9 Å². The number of benzene rings is 3. The fraction of sp³-hybridized carbons (Fsp3) is 0.139. The van der Waals surface area contributed by atoms with Gasteiger partial charge in [-0.15, -0.1) is 0 Å². The lowest BCUT2D eigenvalue weighted by molar-refractivity contribution is -0.137. The highest BCUT2D eigenvalue weighted by atomic mass is 35.5. The van der Waals surface area contributed by atoms with E-state index < -0.39 is 35.5 Å². The molecule has 50 heavy (non-hydrogen) atoms. The Hall–Kier alpha value is -5.95. The molecule has 0 spiro atoms. The number of carbonyl (C=O) groups excluding carboxylic acids is 3. The van der Waals surface area contributed by atoms with Gasteiger partial charge in [-0.05, 0) is 83.4 Å². The van der Waals surface area contributed by atoms with Crippen LogP contribution < -0.4 is 20.1 Å². The number of alkyl halides is 3. The van der Waals surface area contributed by atoms with Crippen LogP contribution in [0.4, 0.5) is 24.7 Å². The van der Waals surface area contributed by atoms with Crippen LogP contribution >= 0.6 is 11.6 Å². The number of rotatable bonds is 7. The summed E-state index contributed by atoms with van der Waals surface area (Å²) in [6.07, 6.45) is -2.22. The van der Waals surface area contributed by atoms with Crippen molar-refractivity contribution in [3.63, 3.8) is 0 Å². The largest absolute Gasteiger partial charge is 0.454 e. The van der Waals surface area contributed by atoms with Crippen LogP contribution in [-0.2, 0) is 23.9 Å². The Morgan fingerprint density at radius 3 is 2.54 bits per heavy atom. The van der Waals surface area contributed by atoms with Gasteiger partial charge in [-0.3, -0.25) is 19.4 Å². The first kappa shape index (κ1) is 32.6. The molecular weight excluding hydrogens is 675 g/mol. The van der Waals surface area contributed by atoms with Crippen LogP contribution in [0.3, 0.4) is 0 Å². The molecule has 0 saturated heterocycles. The molecule has 0 bridgehead atoms. The van der Waals surface area contributed by atoms with Gasteiger partial charge in [0.25, 0.3) is 11.8 Å². The number of hydrogen-bond acceptors (Lipinski definition) is 7. The van der Waals surface area contributed by atoms with E-state index in [-0.39, 0.29) is 42.4 Å². The van der Waals surface area contributed by atoms with Gasteiger partial charge in [0, 0.05) is 41.6 Å². The number of nitrogens with one attached hydrogen (secondary N) is 2. The van der Waals surface area contributed by atoms with Gasteiger partial charge in [0.2, 0.25) is 12.7 Å². The SMILES string of the molecule is O=C(Nc1ccc(C(F)(F)F)cn1)c1ccc(CN2C(=O)c3ccc(Cl)cc3NC(=O)C2Cc2ccccn2)cc1-c1ccc2c(c1)OCO2. The summed E-state index contributed by atoms with van der Waals surface area (Å²) in [5.74, 6) is -0.603. The smallest absolute Gasteiger partial charge is 0.417 e. The number of pyridine rings is 2. The number of nitrogens with zero attached hydrogens (tertiary/aromatic N) is 3. The number of anilines is 2. The molecule has 2 N–H and O–H groups in total. The zero-order valence-corrected chi connectivity index (χ0v) is 26.6. The molecule has 1 unspecified atom stereocenters. The second-order valence-electron chi connectivity index (χ2n) is 11.5. The fourth-order valence-electron chi connectivity index (χ4n) is 5.77. The Labute approximate surface area is 287 Å². The third kappa shape index (κ3) is 6.67. The third-order valence-electron chi connectivity index (χ3n) is 8.24. The van der Waals surface area contributed by atoms with Crippen molar-refractivity contribution in [1.29, 1.82) is 0 Å². The highest BCUT2D eigenvalue weighted by molar-refractivity contribution is 6.31. The minimum atomic E-state index is -4.58. The van der Waals surface area contributed by atoms with E-state index in [0.29, 0.717) is 45.1 Å². The van der Waals surface area contributed by atoms with E-state index in [4.69, 9.17) is 21.1 Å². The number of halogens is 4. The molecule has 10 nitrogen and oxygen atoms in total. The van der Waals surface area contributed by atoms with E-state index in [1.165, 1.54) is 11.0 Å². The summed E-state index contributed by atoms with van der Waals surface area (Å²) in [5, 5.41) is 5.75. The Morgan fingerprint density at radius 1 is 0.940 bits per heavy atom. The predicted octanol–water partition coefficient (Wildman–Crippen LogP) is 7.00. The average Bonchev–Trinajstić information content (AvgIpc) is 3.55. The number of aromatic nitrogens is 2. The molecule has 1 atom stereocenters. The molecule has 3 amide bonds. The maximum Gasteiger partial charge on any atom is 0.417 e. The maximum absolute atomic E-state index is 14.1. The lowest BCUT2D eigenvalue weighted by Gasteiger charge is -2.29. The Morgan fingerprint density at radius 2 is 1.78 bits per heavy atom. The summed E-state index contributed by atoms with van der Waals surface area (Å²) in [6, 6.07) is 20.9. The minimum absolute atomic E-state index is 0.0231. The van der Waals surface area contributed by atoms with Gasteiger partial charge >= 0.3 is 6.18 Å². The Bertz CT molecular complexity index is 2130. The normalized spacial score (nSPS) is 15.3. The van der Waals surface area contributed by atoms with Crippen LogP contribution in [0, 0.1) is 0 Å². The number of ether oxygens (including phenoxy) is 2. The maximum atomic E-state index is 14.1. The van der Waals surface area contributed by atoms with Crippen LogP contribution in [-0.4, -0.2) is 45.4 Å². The highest BCUT2D eigenvalue weighted by Crippen LogP contribution is 2.38. The first-order valence-corrected chi connectivity index (χ1v) is 15.6. The molecule has 2 aliphatic heterocycles. The number of amides is 3. The minimum Gasteiger partial charge on any atom is -0.454 e. The summed E-state index contributed by atoms with van der Waals surface area (Å²) >= 11 is 6.20. The van der Waals surface area contributed by atoms with Gasteiger partial charge < -0.3 is 25.0 Å². The van der Waals surface area contributed by atoms with Crippen LogP contribution in [0.2, 0.25) is 5.02 Å². The lowest BCUT2D eigenvalue weighted by Crippen LogP contribution is -2.46. The van der Waals surface area contributed by atoms with Gasteiger partial charge in [0.15, 0.2) is 11.5 Å². The van der Waals surface area contributed by atoms with E-state index in [0.717, 1.165) is 12.1 Å². The topological polar surface area (TPSA) is 123 Å². The van der Waals surface area contributed by atoms with Gasteiger partial charge in [-0.25, -0.2) is 4.98 Å². The molecule has 0 aliphatic carbocycles. The van der Waals surface area contributed by atoms with Crippen LogP contribution in [0.15, 0.2) is 97.3 Å². The average molecular weight is 700 g/mol. The van der Waals surface area contributed by atoms with Crippen molar-refractivity contribution in [2.75, 3.05) is 17.4 Å². The molecule has 0 fully saturated rings. The molecule has 7 rings (SSSR count). The van der Waals surface area contributed by atoms with Crippen molar-refractivity contribution in [3.05, 3.63) is 130 Å². The van der Waals surface area contributed by atoms with E-state index in [2.05, 4.69) is 20.6 Å². The molecule has 14 heteroatoms. The number of fused-ring (bicyclic) bond motifs is 2. The van der Waals surface area contributed by atoms with Gasteiger partial charge in [0.1, 0.15) is 11.9 Å². The van der Waals surface area contributed by atoms with E-state index in [9.17, 15) is 27.6 Å². The monoisotopic (exact) mass is 699 g/mol. The summed E-state index contributed by atoms with van der Waals surface area (Å²) in [5.41, 5.74) is 1.90. The molecule has 252 valence electrons. The third-order valence-corrected chi connectivity index (χ3v) is 8.47. The number of carbonyl (C=O) groups is 3. The van der Waals surface area contributed by atoms with Gasteiger partial charge in [0.05, 0.1) is 16.8 Å². The lowest BCUT2D eigenvalue weighted by atomic mass is 9.95. The standard InChI is InChI=1S/C36H25ClF3N5O5/c37-23-7-9-26-28(15-23)43-34(47)29(16-24-3-1-2-12-41-24)45(35(26)48)18-20-4-8-25(27(13-20)21-5-10-30-31(14-21)50-19-49-30)33(46)44-32-11-6-22(17-42-32)36(38,39)40/h1-15,17,29H,16,18-19H2,(H,43,47)(H,42,44,46). The van der Waals surface area contributed by atoms with Crippen molar-refractivity contribution in [2.45, 2.75) is 25.2 Å². The molecule has 4 heterocycles. The van der Waals surface area contributed by atoms with Gasteiger partial charge in [-0.1, -0.05) is 29.8 Å². The number of hydrogen-bond donors (Lipinski definition) is 2. The molecule has 5 aromatic rings. The fourth-order valence-corrected chi connectivity index (χ4v) is 5.94. The molecule has 2 aromatic heterocycles. The summed E-state index contributed by atoms with van der Waals surface area (Å²) in [7, 11) is 0. The first-order valence-electron chi connectivity index (χ1n) is 15.2. The van der Waals surface area contributed by atoms with Gasteiger partial charge in [-0.2, -0.15) is 13.2 Å². The summed E-state index contributed by atoms with van der Waals surface area (Å²) in [4.78, 5) is 51.1.